The Labute approximate surface area is 212 Å². The zero-order valence-electron chi connectivity index (χ0n) is 19.6. The Kier molecular flexibility index (Phi) is 7.73. The molecule has 1 N–H and O–H groups in total. The molecule has 9 heteroatoms. The van der Waals surface area contributed by atoms with Gasteiger partial charge in [0.05, 0.1) is 11.1 Å². The van der Waals surface area contributed by atoms with Gasteiger partial charge in [-0.1, -0.05) is 54.6 Å². The summed E-state index contributed by atoms with van der Waals surface area (Å²) in [4.78, 5) is 63.5. The Morgan fingerprint density at radius 3 is 1.86 bits per heavy atom. The van der Waals surface area contributed by atoms with Gasteiger partial charge in [-0.25, -0.2) is 14.4 Å². The Balaban J connectivity index is 1.70. The smallest absolute Gasteiger partial charge is 0.340 e. The molecule has 0 aromatic heterocycles. The number of nitrogens with one attached hydrogen (secondary N) is 1. The number of amides is 1. The Bertz CT molecular complexity index is 1280. The van der Waals surface area contributed by atoms with E-state index < -0.39 is 48.2 Å². The molecule has 0 bridgehead atoms. The summed E-state index contributed by atoms with van der Waals surface area (Å²) in [7, 11) is 0. The summed E-state index contributed by atoms with van der Waals surface area (Å²) in [6, 6.07) is 24.0. The molecule has 1 fully saturated rings. The summed E-state index contributed by atoms with van der Waals surface area (Å²) >= 11 is 0. The number of carbonyl (C=O) groups is 5. The fourth-order valence-electron chi connectivity index (χ4n) is 3.94. The van der Waals surface area contributed by atoms with Gasteiger partial charge in [-0.05, 0) is 36.4 Å². The van der Waals surface area contributed by atoms with E-state index in [4.69, 9.17) is 14.2 Å². The molecule has 0 saturated carbocycles. The van der Waals surface area contributed by atoms with Crippen molar-refractivity contribution < 1.29 is 38.2 Å². The third-order valence-corrected chi connectivity index (χ3v) is 5.83. The van der Waals surface area contributed by atoms with Gasteiger partial charge in [0.1, 0.15) is 19.0 Å². The summed E-state index contributed by atoms with van der Waals surface area (Å²) in [5.74, 6) is -3.28. The quantitative estimate of drug-likeness (QED) is 0.270. The molecule has 3 aromatic carbocycles. The first kappa shape index (κ1) is 25.3. The molecule has 1 heterocycles. The van der Waals surface area contributed by atoms with Crippen LogP contribution in [0.5, 0.6) is 0 Å². The van der Waals surface area contributed by atoms with Gasteiger partial charge in [-0.15, -0.1) is 0 Å². The van der Waals surface area contributed by atoms with Gasteiger partial charge >= 0.3 is 17.9 Å². The molecule has 1 aliphatic rings. The molecule has 4 rings (SSSR count). The third kappa shape index (κ3) is 5.56. The molecule has 37 heavy (non-hydrogen) atoms. The number of aldehydes is 1. The summed E-state index contributed by atoms with van der Waals surface area (Å²) in [6.07, 6.45) is -2.50. The van der Waals surface area contributed by atoms with E-state index in [1.54, 1.807) is 54.6 Å². The fourth-order valence-corrected chi connectivity index (χ4v) is 3.94. The molecule has 1 saturated heterocycles. The van der Waals surface area contributed by atoms with Crippen molar-refractivity contribution in [1.29, 1.82) is 0 Å². The van der Waals surface area contributed by atoms with Crippen molar-refractivity contribution >= 4 is 30.1 Å². The van der Waals surface area contributed by atoms with Crippen LogP contribution in [0.2, 0.25) is 0 Å². The molecule has 9 nitrogen and oxygen atoms in total. The van der Waals surface area contributed by atoms with Crippen molar-refractivity contribution in [3.63, 3.8) is 0 Å². The van der Waals surface area contributed by atoms with E-state index in [0.717, 1.165) is 0 Å². The van der Waals surface area contributed by atoms with Gasteiger partial charge in [0, 0.05) is 12.0 Å². The molecule has 188 valence electrons. The highest BCUT2D eigenvalue weighted by molar-refractivity contribution is 6.00. The predicted octanol–water partition coefficient (Wildman–Crippen LogP) is 2.75. The second-order valence-electron chi connectivity index (χ2n) is 8.27. The van der Waals surface area contributed by atoms with Crippen LogP contribution in [-0.4, -0.2) is 54.5 Å². The number of hydrogen-bond donors (Lipinski definition) is 1. The monoisotopic (exact) mass is 501 g/mol. The highest BCUT2D eigenvalue weighted by Crippen LogP contribution is 2.33. The van der Waals surface area contributed by atoms with Gasteiger partial charge in [0.15, 0.2) is 6.10 Å². The Morgan fingerprint density at radius 1 is 0.811 bits per heavy atom. The average Bonchev–Trinajstić information content (AvgIpc) is 3.18. The number of carbonyl (C=O) groups excluding carboxylic acids is 5. The van der Waals surface area contributed by atoms with Crippen LogP contribution in [0.25, 0.3) is 0 Å². The number of benzene rings is 3. The molecule has 3 atom stereocenters. The van der Waals surface area contributed by atoms with Crippen LogP contribution >= 0.6 is 0 Å². The van der Waals surface area contributed by atoms with Crippen LogP contribution < -0.4 is 5.32 Å². The van der Waals surface area contributed by atoms with Crippen LogP contribution in [-0.2, 0) is 23.8 Å². The standard InChI is InChI=1S/C28H23NO8/c30-17-16-22-23(37-26(33)21-14-8-3-9-15-21)28(27(34)36-22,29-24(31)19-10-4-1-5-11-19)18-35-25(32)20-12-6-2-7-13-20/h1-15,17,22-23H,16,18H2,(H,29,31)/t22-,23+,28+/m1/s1. The van der Waals surface area contributed by atoms with E-state index in [-0.39, 0.29) is 23.1 Å². The molecule has 3 aromatic rings. The van der Waals surface area contributed by atoms with E-state index >= 15 is 0 Å². The van der Waals surface area contributed by atoms with Crippen LogP contribution in [0.15, 0.2) is 91.0 Å². The summed E-state index contributed by atoms with van der Waals surface area (Å²) in [5.41, 5.74) is -1.52. The van der Waals surface area contributed by atoms with Crippen molar-refractivity contribution in [3.05, 3.63) is 108 Å². The minimum Gasteiger partial charge on any atom is -0.459 e. The van der Waals surface area contributed by atoms with Crippen LogP contribution in [0.1, 0.15) is 37.5 Å². The summed E-state index contributed by atoms with van der Waals surface area (Å²) in [5, 5.41) is 2.58. The van der Waals surface area contributed by atoms with E-state index in [9.17, 15) is 24.0 Å². The van der Waals surface area contributed by atoms with Crippen molar-refractivity contribution in [1.82, 2.24) is 5.32 Å². The average molecular weight is 501 g/mol. The van der Waals surface area contributed by atoms with Crippen molar-refractivity contribution in [2.75, 3.05) is 6.61 Å². The minimum absolute atomic E-state index is 0.177. The zero-order chi connectivity index (χ0) is 26.3. The van der Waals surface area contributed by atoms with Gasteiger partial charge < -0.3 is 24.3 Å². The fraction of sp³-hybridized carbons (Fsp3) is 0.179. The number of hydrogen-bond acceptors (Lipinski definition) is 8. The molecule has 0 aliphatic carbocycles. The normalized spacial score (nSPS) is 20.4. The molecule has 0 spiro atoms. The number of rotatable bonds is 9. The first-order valence-electron chi connectivity index (χ1n) is 11.4. The van der Waals surface area contributed by atoms with E-state index in [2.05, 4.69) is 5.32 Å². The van der Waals surface area contributed by atoms with E-state index in [0.29, 0.717) is 6.29 Å². The molecular formula is C28H23NO8. The zero-order valence-corrected chi connectivity index (χ0v) is 19.6. The minimum atomic E-state index is -2.12. The maximum atomic E-state index is 13.3. The lowest BCUT2D eigenvalue weighted by atomic mass is 9.90. The van der Waals surface area contributed by atoms with Crippen molar-refractivity contribution in [2.45, 2.75) is 24.2 Å². The number of ether oxygens (including phenoxy) is 3. The van der Waals surface area contributed by atoms with Crippen molar-refractivity contribution in [3.8, 4) is 0 Å². The molecule has 0 unspecified atom stereocenters. The maximum Gasteiger partial charge on any atom is 0.340 e. The first-order valence-corrected chi connectivity index (χ1v) is 11.4. The van der Waals surface area contributed by atoms with Crippen LogP contribution in [0.3, 0.4) is 0 Å². The highest BCUT2D eigenvalue weighted by Gasteiger charge is 2.62. The predicted molar refractivity (Wildman–Crippen MR) is 130 cm³/mol. The summed E-state index contributed by atoms with van der Waals surface area (Å²) < 4.78 is 16.5. The highest BCUT2D eigenvalue weighted by atomic mass is 16.6. The lowest BCUT2D eigenvalue weighted by Crippen LogP contribution is -2.64. The molecule has 1 aliphatic heterocycles. The van der Waals surface area contributed by atoms with Gasteiger partial charge in [-0.2, -0.15) is 0 Å². The topological polar surface area (TPSA) is 125 Å². The van der Waals surface area contributed by atoms with E-state index in [1.165, 1.54) is 36.4 Å². The SMILES string of the molecule is O=CC[C@H]1OC(=O)[C@@](COC(=O)c2ccccc2)(NC(=O)c2ccccc2)[C@H]1OC(=O)c1ccccc1. The van der Waals surface area contributed by atoms with Gasteiger partial charge in [0.25, 0.3) is 5.91 Å². The van der Waals surface area contributed by atoms with Crippen molar-refractivity contribution in [2.24, 2.45) is 0 Å². The Morgan fingerprint density at radius 2 is 1.32 bits per heavy atom. The molecule has 1 amide bonds. The second-order valence-corrected chi connectivity index (χ2v) is 8.27. The number of cyclic esters (lactones) is 1. The Hall–Kier alpha value is -4.79. The first-order chi connectivity index (χ1) is 17.9. The van der Waals surface area contributed by atoms with Gasteiger partial charge in [0.2, 0.25) is 5.54 Å². The van der Waals surface area contributed by atoms with Crippen LogP contribution in [0, 0.1) is 0 Å². The maximum absolute atomic E-state index is 13.3. The second kappa shape index (κ2) is 11.3. The molecule has 0 radical (unpaired) electrons. The molecular weight excluding hydrogens is 478 g/mol. The largest absolute Gasteiger partial charge is 0.459 e. The number of esters is 3. The van der Waals surface area contributed by atoms with E-state index in [1.807, 2.05) is 0 Å². The lowest BCUT2D eigenvalue weighted by molar-refractivity contribution is -0.147. The summed E-state index contributed by atoms with van der Waals surface area (Å²) in [6.45, 7) is -0.708. The third-order valence-electron chi connectivity index (χ3n) is 5.83. The lowest BCUT2D eigenvalue weighted by Gasteiger charge is -2.32. The van der Waals surface area contributed by atoms with Gasteiger partial charge in [-0.3, -0.25) is 4.79 Å². The van der Waals surface area contributed by atoms with Crippen LogP contribution in [0.4, 0.5) is 0 Å².